The van der Waals surface area contributed by atoms with Gasteiger partial charge in [0.15, 0.2) is 0 Å². The lowest BCUT2D eigenvalue weighted by atomic mass is 10.3. The van der Waals surface area contributed by atoms with Crippen molar-refractivity contribution in [2.45, 2.75) is 13.0 Å². The van der Waals surface area contributed by atoms with Crippen LogP contribution >= 0.6 is 0 Å². The predicted octanol–water partition coefficient (Wildman–Crippen LogP) is 1.96. The molecule has 1 heterocycles. The van der Waals surface area contributed by atoms with Gasteiger partial charge in [-0.15, -0.1) is 0 Å². The van der Waals surface area contributed by atoms with Crippen molar-refractivity contribution in [1.29, 1.82) is 0 Å². The summed E-state index contributed by atoms with van der Waals surface area (Å²) < 4.78 is 6.62. The molecule has 0 saturated carbocycles. The molecule has 0 bridgehead atoms. The summed E-state index contributed by atoms with van der Waals surface area (Å²) >= 11 is 0. The van der Waals surface area contributed by atoms with Crippen molar-refractivity contribution in [2.75, 3.05) is 0 Å². The first-order chi connectivity index (χ1) is 9.09. The number of carbonyl (C=O) groups excluding carboxylic acids is 1. The molecule has 0 aliphatic rings. The summed E-state index contributed by atoms with van der Waals surface area (Å²) in [5.74, 6) is -0.656. The minimum Gasteiger partial charge on any atom is -0.418 e. The number of hydrogen-bond donors (Lipinski definition) is 0. The number of rotatable bonds is 4. The molecule has 1 aromatic carbocycles. The third-order valence-electron chi connectivity index (χ3n) is 2.59. The van der Waals surface area contributed by atoms with Gasteiger partial charge in [-0.1, -0.05) is 12.1 Å². The average Bonchev–Trinajstić information content (AvgIpc) is 2.92. The second-order valence-electron chi connectivity index (χ2n) is 3.83. The molecule has 1 aromatic heterocycles. The highest BCUT2D eigenvalue weighted by Gasteiger charge is 2.21. The van der Waals surface area contributed by atoms with E-state index in [1.54, 1.807) is 23.8 Å². The fraction of sp³-hybridized carbons (Fsp3) is 0.167. The molecule has 98 valence electrons. The summed E-state index contributed by atoms with van der Waals surface area (Å²) in [6.45, 7) is 1.62. The second kappa shape index (κ2) is 5.30. The number of aromatic nitrogens is 2. The lowest BCUT2D eigenvalue weighted by Gasteiger charge is -2.12. The summed E-state index contributed by atoms with van der Waals surface area (Å²) in [4.78, 5) is 25.9. The number of carbonyl (C=O) groups is 1. The SMILES string of the molecule is CC(C(=O)Oc1ccccc1[N+](=O)[O-])n1ccnc1. The Bertz CT molecular complexity index is 595. The summed E-state index contributed by atoms with van der Waals surface area (Å²) in [5, 5.41) is 10.8. The Balaban J connectivity index is 2.18. The molecular weight excluding hydrogens is 250 g/mol. The summed E-state index contributed by atoms with van der Waals surface area (Å²) in [5.41, 5.74) is -0.242. The van der Waals surface area contributed by atoms with Crippen molar-refractivity contribution in [3.05, 3.63) is 53.1 Å². The summed E-state index contributed by atoms with van der Waals surface area (Å²) in [6, 6.07) is 5.13. The molecule has 7 nitrogen and oxygen atoms in total. The van der Waals surface area contributed by atoms with Gasteiger partial charge in [0, 0.05) is 18.5 Å². The van der Waals surface area contributed by atoms with Crippen LogP contribution in [-0.4, -0.2) is 20.4 Å². The van der Waals surface area contributed by atoms with Crippen LogP contribution in [0.15, 0.2) is 43.0 Å². The molecule has 0 amide bonds. The van der Waals surface area contributed by atoms with Crippen molar-refractivity contribution in [2.24, 2.45) is 0 Å². The Labute approximate surface area is 108 Å². The van der Waals surface area contributed by atoms with Gasteiger partial charge in [-0.25, -0.2) is 9.78 Å². The van der Waals surface area contributed by atoms with Gasteiger partial charge >= 0.3 is 11.7 Å². The van der Waals surface area contributed by atoms with Gasteiger partial charge in [-0.05, 0) is 13.0 Å². The largest absolute Gasteiger partial charge is 0.418 e. The summed E-state index contributed by atoms with van der Waals surface area (Å²) in [7, 11) is 0. The third-order valence-corrected chi connectivity index (χ3v) is 2.59. The number of ether oxygens (including phenoxy) is 1. The van der Waals surface area contributed by atoms with Gasteiger partial charge in [-0.2, -0.15) is 0 Å². The summed E-state index contributed by atoms with van der Waals surface area (Å²) in [6.07, 6.45) is 4.63. The molecule has 0 fully saturated rings. The highest BCUT2D eigenvalue weighted by atomic mass is 16.6. The lowest BCUT2D eigenvalue weighted by molar-refractivity contribution is -0.385. The van der Waals surface area contributed by atoms with Crippen molar-refractivity contribution in [3.8, 4) is 5.75 Å². The van der Waals surface area contributed by atoms with E-state index in [4.69, 9.17) is 4.74 Å². The Hall–Kier alpha value is -2.70. The molecule has 2 rings (SSSR count). The molecule has 0 spiro atoms. The molecule has 0 N–H and O–H groups in total. The highest BCUT2D eigenvalue weighted by molar-refractivity contribution is 5.77. The van der Waals surface area contributed by atoms with Crippen LogP contribution in [-0.2, 0) is 4.79 Å². The van der Waals surface area contributed by atoms with E-state index in [0.717, 1.165) is 0 Å². The van der Waals surface area contributed by atoms with E-state index in [2.05, 4.69) is 4.98 Å². The zero-order chi connectivity index (χ0) is 13.8. The Morgan fingerprint density at radius 2 is 2.21 bits per heavy atom. The fourth-order valence-corrected chi connectivity index (χ4v) is 1.51. The van der Waals surface area contributed by atoms with Crippen LogP contribution in [0.25, 0.3) is 0 Å². The van der Waals surface area contributed by atoms with Crippen LogP contribution < -0.4 is 4.74 Å². The van der Waals surface area contributed by atoms with Crippen LogP contribution in [0.3, 0.4) is 0 Å². The van der Waals surface area contributed by atoms with E-state index in [-0.39, 0.29) is 11.4 Å². The Morgan fingerprint density at radius 3 is 2.84 bits per heavy atom. The van der Waals surface area contributed by atoms with Crippen molar-refractivity contribution < 1.29 is 14.5 Å². The van der Waals surface area contributed by atoms with E-state index >= 15 is 0 Å². The number of hydrogen-bond acceptors (Lipinski definition) is 5. The van der Waals surface area contributed by atoms with Gasteiger partial charge in [-0.3, -0.25) is 10.1 Å². The molecule has 0 aliphatic carbocycles. The Morgan fingerprint density at radius 1 is 1.47 bits per heavy atom. The first kappa shape index (κ1) is 12.7. The molecule has 1 atom stereocenters. The molecule has 7 heteroatoms. The van der Waals surface area contributed by atoms with Gasteiger partial charge in [0.25, 0.3) is 0 Å². The van der Waals surface area contributed by atoms with Crippen LogP contribution in [0, 0.1) is 10.1 Å². The maximum absolute atomic E-state index is 11.9. The standard InChI is InChI=1S/C12H11N3O4/c1-9(14-7-6-13-8-14)12(16)19-11-5-3-2-4-10(11)15(17)18/h2-9H,1H3. The predicted molar refractivity (Wildman–Crippen MR) is 65.7 cm³/mol. The number of nitro groups is 1. The minimum absolute atomic E-state index is 0.0653. The van der Waals surface area contributed by atoms with Crippen molar-refractivity contribution >= 4 is 11.7 Å². The first-order valence-corrected chi connectivity index (χ1v) is 5.52. The smallest absolute Gasteiger partial charge is 0.334 e. The van der Waals surface area contributed by atoms with Gasteiger partial charge in [0.05, 0.1) is 11.3 Å². The number of nitrogens with zero attached hydrogens (tertiary/aromatic N) is 3. The van der Waals surface area contributed by atoms with E-state index in [9.17, 15) is 14.9 Å². The molecule has 2 aromatic rings. The van der Waals surface area contributed by atoms with Gasteiger partial charge < -0.3 is 9.30 Å². The normalized spacial score (nSPS) is 11.8. The van der Waals surface area contributed by atoms with Crippen molar-refractivity contribution in [3.63, 3.8) is 0 Å². The molecule has 0 saturated heterocycles. The maximum Gasteiger partial charge on any atom is 0.334 e. The van der Waals surface area contributed by atoms with Crippen LogP contribution in [0.4, 0.5) is 5.69 Å². The topological polar surface area (TPSA) is 87.3 Å². The quantitative estimate of drug-likeness (QED) is 0.363. The van der Waals surface area contributed by atoms with E-state index in [0.29, 0.717) is 0 Å². The zero-order valence-corrected chi connectivity index (χ0v) is 10.1. The number of imidazole rings is 1. The van der Waals surface area contributed by atoms with Crippen LogP contribution in [0.1, 0.15) is 13.0 Å². The van der Waals surface area contributed by atoms with Gasteiger partial charge in [0.2, 0.25) is 5.75 Å². The number of benzene rings is 1. The highest BCUT2D eigenvalue weighted by Crippen LogP contribution is 2.26. The first-order valence-electron chi connectivity index (χ1n) is 5.52. The monoisotopic (exact) mass is 261 g/mol. The average molecular weight is 261 g/mol. The van der Waals surface area contributed by atoms with E-state index < -0.39 is 16.9 Å². The number of nitro benzene ring substituents is 1. The van der Waals surface area contributed by atoms with E-state index in [1.807, 2.05) is 0 Å². The molecular formula is C12H11N3O4. The van der Waals surface area contributed by atoms with E-state index in [1.165, 1.54) is 30.7 Å². The number of para-hydroxylation sites is 2. The van der Waals surface area contributed by atoms with Crippen LogP contribution in [0.2, 0.25) is 0 Å². The molecule has 0 radical (unpaired) electrons. The molecule has 1 unspecified atom stereocenters. The lowest BCUT2D eigenvalue weighted by Crippen LogP contribution is -2.21. The third kappa shape index (κ3) is 2.76. The van der Waals surface area contributed by atoms with Crippen LogP contribution in [0.5, 0.6) is 5.75 Å². The fourth-order valence-electron chi connectivity index (χ4n) is 1.51. The maximum atomic E-state index is 11.9. The van der Waals surface area contributed by atoms with Gasteiger partial charge in [0.1, 0.15) is 6.04 Å². The Kier molecular flexibility index (Phi) is 3.56. The second-order valence-corrected chi connectivity index (χ2v) is 3.83. The zero-order valence-electron chi connectivity index (χ0n) is 10.1. The molecule has 19 heavy (non-hydrogen) atoms. The van der Waals surface area contributed by atoms with Crippen molar-refractivity contribution in [1.82, 2.24) is 9.55 Å². The minimum atomic E-state index is -0.609. The number of esters is 1. The molecule has 0 aliphatic heterocycles.